The highest BCUT2D eigenvalue weighted by Crippen LogP contribution is 2.64. The second-order valence-electron chi connectivity index (χ2n) is 13.6. The van der Waals surface area contributed by atoms with Crippen molar-refractivity contribution in [1.29, 1.82) is 0 Å². The molecule has 6 rings (SSSR count). The minimum atomic E-state index is -1.23. The number of carbonyl (C=O) groups excluding carboxylic acids is 2. The Morgan fingerprint density at radius 1 is 1.07 bits per heavy atom. The summed E-state index contributed by atoms with van der Waals surface area (Å²) in [6.07, 6.45) is 4.95. The maximum absolute atomic E-state index is 16.0. The average Bonchev–Trinajstić information content (AvgIpc) is 3.32. The fourth-order valence-corrected chi connectivity index (χ4v) is 8.38. The molecule has 2 aromatic rings. The Morgan fingerprint density at radius 2 is 1.77 bits per heavy atom. The van der Waals surface area contributed by atoms with Crippen LogP contribution in [0.25, 0.3) is 0 Å². The van der Waals surface area contributed by atoms with Crippen LogP contribution in [-0.2, 0) is 15.0 Å². The summed E-state index contributed by atoms with van der Waals surface area (Å²) in [6.45, 7) is 8.90. The fourth-order valence-electron chi connectivity index (χ4n) is 8.03. The number of amides is 2. The minimum absolute atomic E-state index is 0.0222. The molecule has 2 saturated carbocycles. The lowest BCUT2D eigenvalue weighted by molar-refractivity contribution is -0.125. The summed E-state index contributed by atoms with van der Waals surface area (Å²) < 4.78 is 16.0. The molecule has 2 aliphatic heterocycles. The van der Waals surface area contributed by atoms with Gasteiger partial charge in [0, 0.05) is 28.2 Å². The predicted octanol–water partition coefficient (Wildman–Crippen LogP) is 6.97. The molecule has 0 unspecified atom stereocenters. The van der Waals surface area contributed by atoms with E-state index in [9.17, 15) is 9.59 Å². The molecule has 214 valence electrons. The molecule has 0 radical (unpaired) electrons. The topological polar surface area (TPSA) is 70.2 Å². The standard InChI is InChI=1S/C32H38Cl2FN3O2/c1-17(2)18-14-20(15-18)36-28(39)27-25(21-6-5-7-23(34)26(21)35)32(31(38-27)12-10-30(3,4)11-13-31)22-9-8-19(33)16-24(22)37-29(32)40/h5-9,16-18,20,25,27,38H,10-15H2,1-4H3,(H,36,39)(H,37,40)/t18-,20-,25-,27+,32+/m0/s1. The van der Waals surface area contributed by atoms with E-state index in [0.717, 1.165) is 31.2 Å². The number of rotatable bonds is 4. The maximum Gasteiger partial charge on any atom is 0.238 e. The van der Waals surface area contributed by atoms with Crippen molar-refractivity contribution >= 4 is 40.7 Å². The van der Waals surface area contributed by atoms with E-state index >= 15 is 4.39 Å². The number of carbonyl (C=O) groups is 2. The monoisotopic (exact) mass is 585 g/mol. The zero-order valence-corrected chi connectivity index (χ0v) is 25.1. The molecular weight excluding hydrogens is 548 g/mol. The lowest BCUT2D eigenvalue weighted by Crippen LogP contribution is -2.61. The molecule has 8 heteroatoms. The lowest BCUT2D eigenvalue weighted by atomic mass is 9.53. The van der Waals surface area contributed by atoms with E-state index in [-0.39, 0.29) is 33.9 Å². The van der Waals surface area contributed by atoms with Gasteiger partial charge in [-0.3, -0.25) is 14.9 Å². The van der Waals surface area contributed by atoms with Crippen molar-refractivity contribution in [3.63, 3.8) is 0 Å². The molecule has 5 nitrogen and oxygen atoms in total. The van der Waals surface area contributed by atoms with E-state index in [2.05, 4.69) is 43.6 Å². The van der Waals surface area contributed by atoms with Crippen molar-refractivity contribution in [3.05, 3.63) is 63.4 Å². The number of benzene rings is 2. The Kier molecular flexibility index (Phi) is 6.79. The van der Waals surface area contributed by atoms with Crippen LogP contribution in [0.4, 0.5) is 10.1 Å². The molecule has 40 heavy (non-hydrogen) atoms. The van der Waals surface area contributed by atoms with Crippen LogP contribution in [0.3, 0.4) is 0 Å². The number of halogens is 3. The van der Waals surface area contributed by atoms with E-state index in [1.807, 2.05) is 6.07 Å². The van der Waals surface area contributed by atoms with E-state index < -0.39 is 28.7 Å². The zero-order chi connectivity index (χ0) is 28.6. The molecule has 1 saturated heterocycles. The number of hydrogen-bond donors (Lipinski definition) is 3. The number of nitrogens with one attached hydrogen (secondary N) is 3. The Hall–Kier alpha value is -2.15. The molecule has 3 N–H and O–H groups in total. The second kappa shape index (κ2) is 9.71. The SMILES string of the molecule is CC(C)[C@H]1C[C@H](NC(=O)[C@@H]2NC3(CCC(C)(C)CC3)[C@@]3(C(=O)Nc4cc(Cl)ccc43)[C@H]2c2cccc(Cl)c2F)C1. The summed E-state index contributed by atoms with van der Waals surface area (Å²) in [6, 6.07) is 9.56. The maximum atomic E-state index is 16.0. The molecule has 4 aliphatic rings. The van der Waals surface area contributed by atoms with Gasteiger partial charge in [-0.1, -0.05) is 69.1 Å². The fraction of sp³-hybridized carbons (Fsp3) is 0.562. The highest BCUT2D eigenvalue weighted by molar-refractivity contribution is 6.31. The third kappa shape index (κ3) is 4.12. The first-order valence-electron chi connectivity index (χ1n) is 14.5. The summed E-state index contributed by atoms with van der Waals surface area (Å²) >= 11 is 12.7. The Labute approximate surface area is 246 Å². The summed E-state index contributed by atoms with van der Waals surface area (Å²) in [5, 5.41) is 10.6. The van der Waals surface area contributed by atoms with Gasteiger partial charge in [-0.05, 0) is 85.1 Å². The molecule has 3 atom stereocenters. The van der Waals surface area contributed by atoms with Crippen molar-refractivity contribution in [3.8, 4) is 0 Å². The van der Waals surface area contributed by atoms with E-state index in [0.29, 0.717) is 35.4 Å². The normalized spacial score (nSPS) is 31.8. The molecule has 0 bridgehead atoms. The van der Waals surface area contributed by atoms with Gasteiger partial charge < -0.3 is 10.6 Å². The highest BCUT2D eigenvalue weighted by atomic mass is 35.5. The molecule has 2 amide bonds. The van der Waals surface area contributed by atoms with Crippen LogP contribution >= 0.6 is 23.2 Å². The van der Waals surface area contributed by atoms with Gasteiger partial charge in [-0.15, -0.1) is 0 Å². The molecule has 3 fully saturated rings. The van der Waals surface area contributed by atoms with Gasteiger partial charge in [0.2, 0.25) is 11.8 Å². The van der Waals surface area contributed by atoms with Crippen LogP contribution in [-0.4, -0.2) is 29.4 Å². The van der Waals surface area contributed by atoms with Crippen LogP contribution in [0.15, 0.2) is 36.4 Å². The van der Waals surface area contributed by atoms with Crippen molar-refractivity contribution in [2.75, 3.05) is 5.32 Å². The lowest BCUT2D eigenvalue weighted by Gasteiger charge is -2.50. The van der Waals surface area contributed by atoms with Gasteiger partial charge in [0.15, 0.2) is 0 Å². The van der Waals surface area contributed by atoms with Gasteiger partial charge in [-0.2, -0.15) is 0 Å². The second-order valence-corrected chi connectivity index (χ2v) is 14.5. The third-order valence-electron chi connectivity index (χ3n) is 10.5. The van der Waals surface area contributed by atoms with Crippen LogP contribution in [0, 0.1) is 23.1 Å². The summed E-state index contributed by atoms with van der Waals surface area (Å²) in [5.74, 6) is -0.656. The molecule has 2 spiro atoms. The molecule has 2 heterocycles. The van der Waals surface area contributed by atoms with Gasteiger partial charge in [0.1, 0.15) is 11.2 Å². The summed E-state index contributed by atoms with van der Waals surface area (Å²) in [4.78, 5) is 28.7. The largest absolute Gasteiger partial charge is 0.352 e. The number of hydrogen-bond acceptors (Lipinski definition) is 3. The number of anilines is 1. The molecular formula is C32H38Cl2FN3O2. The summed E-state index contributed by atoms with van der Waals surface area (Å²) in [5.41, 5.74) is -0.216. The highest BCUT2D eigenvalue weighted by Gasteiger charge is 2.73. The van der Waals surface area contributed by atoms with Crippen molar-refractivity contribution < 1.29 is 14.0 Å². The van der Waals surface area contributed by atoms with Gasteiger partial charge >= 0.3 is 0 Å². The quantitative estimate of drug-likeness (QED) is 0.363. The van der Waals surface area contributed by atoms with Gasteiger partial charge in [0.05, 0.1) is 11.1 Å². The predicted molar refractivity (Wildman–Crippen MR) is 157 cm³/mol. The van der Waals surface area contributed by atoms with Crippen LogP contribution in [0.2, 0.25) is 10.0 Å². The summed E-state index contributed by atoms with van der Waals surface area (Å²) in [7, 11) is 0. The first kappa shape index (κ1) is 28.0. The van der Waals surface area contributed by atoms with Gasteiger partial charge in [0.25, 0.3) is 0 Å². The van der Waals surface area contributed by atoms with Crippen molar-refractivity contribution in [2.45, 2.75) is 95.2 Å². The number of fused-ring (bicyclic) bond motifs is 3. The minimum Gasteiger partial charge on any atom is -0.352 e. The average molecular weight is 587 g/mol. The van der Waals surface area contributed by atoms with Crippen LogP contribution < -0.4 is 16.0 Å². The first-order chi connectivity index (χ1) is 18.9. The zero-order valence-electron chi connectivity index (χ0n) is 23.5. The Morgan fingerprint density at radius 3 is 2.45 bits per heavy atom. The molecule has 2 aromatic carbocycles. The third-order valence-corrected chi connectivity index (χ3v) is 11.0. The first-order valence-corrected chi connectivity index (χ1v) is 15.3. The van der Waals surface area contributed by atoms with Crippen LogP contribution in [0.1, 0.15) is 83.3 Å². The molecule has 2 aliphatic carbocycles. The Balaban J connectivity index is 1.52. The smallest absolute Gasteiger partial charge is 0.238 e. The van der Waals surface area contributed by atoms with Crippen LogP contribution in [0.5, 0.6) is 0 Å². The Bertz CT molecular complexity index is 1360. The van der Waals surface area contributed by atoms with E-state index in [1.54, 1.807) is 24.3 Å². The van der Waals surface area contributed by atoms with E-state index in [4.69, 9.17) is 23.2 Å². The van der Waals surface area contributed by atoms with Crippen molar-refractivity contribution in [2.24, 2.45) is 17.3 Å². The van der Waals surface area contributed by atoms with Crippen molar-refractivity contribution in [1.82, 2.24) is 10.6 Å². The van der Waals surface area contributed by atoms with Gasteiger partial charge in [-0.25, -0.2) is 4.39 Å². The molecule has 0 aromatic heterocycles. The van der Waals surface area contributed by atoms with E-state index in [1.165, 1.54) is 6.07 Å².